The molecule has 0 aromatic carbocycles. The Balaban J connectivity index is 0.00000121. The van der Waals surface area contributed by atoms with Crippen LogP contribution in [0.15, 0.2) is 0 Å². The summed E-state index contributed by atoms with van der Waals surface area (Å²) in [7, 11) is 3.05. The number of methoxy groups -OCH3 is 2. The number of Topliss-reactive ketones (excluding diaryl/α,β-unsaturated/α-hetero) is 1. The number of carbonyl (C=O) groups excluding carboxylic acids is 1. The molecule has 0 radical (unpaired) electrons. The first kappa shape index (κ1) is 12.6. The van der Waals surface area contributed by atoms with E-state index in [0.717, 1.165) is 0 Å². The minimum atomic E-state index is -0.442. The van der Waals surface area contributed by atoms with Gasteiger partial charge in [-0.2, -0.15) is 0 Å². The third kappa shape index (κ3) is 2.32. The van der Waals surface area contributed by atoms with E-state index in [1.807, 2.05) is 0 Å². The van der Waals surface area contributed by atoms with Crippen molar-refractivity contribution in [1.82, 2.24) is 0 Å². The molecule has 5 heteroatoms. The van der Waals surface area contributed by atoms with Crippen molar-refractivity contribution in [1.29, 1.82) is 0 Å². The maximum Gasteiger partial charge on any atom is 2.00 e. The van der Waals surface area contributed by atoms with E-state index in [-0.39, 0.29) is 38.2 Å². The molecule has 0 amide bonds. The summed E-state index contributed by atoms with van der Waals surface area (Å²) >= 11 is 5.02. The molecule has 1 saturated carbocycles. The van der Waals surface area contributed by atoms with Gasteiger partial charge in [-0.3, -0.25) is 4.79 Å². The van der Waals surface area contributed by atoms with E-state index in [1.54, 1.807) is 7.11 Å². The van der Waals surface area contributed by atoms with Crippen LogP contribution in [0.25, 0.3) is 0 Å². The van der Waals surface area contributed by atoms with E-state index in [9.17, 15) is 4.79 Å². The molecule has 1 aliphatic rings. The van der Waals surface area contributed by atoms with Crippen LogP contribution >= 0.6 is 0 Å². The Kier molecular flexibility index (Phi) is 5.66. The van der Waals surface area contributed by atoms with Crippen LogP contribution in [0.3, 0.4) is 0 Å². The molecule has 0 N–H and O–H groups in total. The molecule has 0 heterocycles. The first-order chi connectivity index (χ1) is 5.20. The van der Waals surface area contributed by atoms with Crippen molar-refractivity contribution < 1.29 is 35.3 Å². The third-order valence-corrected chi connectivity index (χ3v) is 2.35. The van der Waals surface area contributed by atoms with Crippen molar-refractivity contribution in [3.05, 3.63) is 0 Å². The molecule has 0 saturated heterocycles. The van der Waals surface area contributed by atoms with Crippen LogP contribution in [0.5, 0.6) is 0 Å². The zero-order valence-corrected chi connectivity index (χ0v) is 10.7. The Labute approximate surface area is 91.9 Å². The standard InChI is InChI=1S/C7H12O3S.W/c1-9-6-4(8)3-5(11)7(6)10-2;/h5-7,11H,3H2,1-2H3;/q;+2/p-1. The van der Waals surface area contributed by atoms with Crippen LogP contribution in [0.2, 0.25) is 0 Å². The summed E-state index contributed by atoms with van der Waals surface area (Å²) in [4.78, 5) is 11.1. The molecular weight excluding hydrogens is 348 g/mol. The van der Waals surface area contributed by atoms with E-state index >= 15 is 0 Å². The Morgan fingerprint density at radius 2 is 2.00 bits per heavy atom. The molecule has 1 rings (SSSR count). The van der Waals surface area contributed by atoms with Gasteiger partial charge in [0.25, 0.3) is 0 Å². The van der Waals surface area contributed by atoms with Crippen molar-refractivity contribution in [3.63, 3.8) is 0 Å². The molecule has 1 aliphatic carbocycles. The van der Waals surface area contributed by atoms with Gasteiger partial charge in [-0.15, -0.1) is 5.25 Å². The maximum absolute atomic E-state index is 11.1. The van der Waals surface area contributed by atoms with Gasteiger partial charge < -0.3 is 22.1 Å². The quantitative estimate of drug-likeness (QED) is 0.646. The number of ether oxygens (including phenoxy) is 2. The van der Waals surface area contributed by atoms with Crippen LogP contribution in [0, 0.1) is 0 Å². The second-order valence-corrected chi connectivity index (χ2v) is 3.17. The number of carbonyl (C=O) groups is 1. The van der Waals surface area contributed by atoms with Crippen LogP contribution in [-0.2, 0) is 48.0 Å². The molecular formula is C7H11O3SW+. The predicted octanol–water partition coefficient (Wildman–Crippen LogP) is -0.0978. The summed E-state index contributed by atoms with van der Waals surface area (Å²) in [5, 5.41) is -0.127. The second kappa shape index (κ2) is 5.38. The van der Waals surface area contributed by atoms with E-state index in [1.165, 1.54) is 7.11 Å². The van der Waals surface area contributed by atoms with Crippen LogP contribution in [0.4, 0.5) is 0 Å². The predicted molar refractivity (Wildman–Crippen MR) is 42.4 cm³/mol. The van der Waals surface area contributed by atoms with E-state index in [0.29, 0.717) is 6.42 Å². The van der Waals surface area contributed by atoms with Crippen molar-refractivity contribution in [3.8, 4) is 0 Å². The average molecular weight is 359 g/mol. The van der Waals surface area contributed by atoms with Crippen LogP contribution < -0.4 is 0 Å². The molecule has 3 nitrogen and oxygen atoms in total. The van der Waals surface area contributed by atoms with Gasteiger partial charge >= 0.3 is 21.1 Å². The summed E-state index contributed by atoms with van der Waals surface area (Å²) in [5.41, 5.74) is 0. The average Bonchev–Trinajstić information content (AvgIpc) is 2.24. The summed E-state index contributed by atoms with van der Waals surface area (Å²) in [5.74, 6) is 0.0550. The minimum Gasteiger partial charge on any atom is -0.786 e. The van der Waals surface area contributed by atoms with E-state index in [2.05, 4.69) is 0 Å². The monoisotopic (exact) mass is 359 g/mol. The van der Waals surface area contributed by atoms with Gasteiger partial charge in [0.15, 0.2) is 5.78 Å². The molecule has 1 fully saturated rings. The molecule has 0 bridgehead atoms. The number of rotatable bonds is 2. The van der Waals surface area contributed by atoms with Gasteiger partial charge in [0.05, 0.1) is 6.10 Å². The van der Waals surface area contributed by atoms with Gasteiger partial charge in [-0.1, -0.05) is 0 Å². The summed E-state index contributed by atoms with van der Waals surface area (Å²) in [6.45, 7) is 0. The summed E-state index contributed by atoms with van der Waals surface area (Å²) in [6, 6.07) is 0. The van der Waals surface area contributed by atoms with Crippen LogP contribution in [0.1, 0.15) is 6.42 Å². The zero-order chi connectivity index (χ0) is 8.43. The fraction of sp³-hybridized carbons (Fsp3) is 0.857. The topological polar surface area (TPSA) is 35.5 Å². The molecule has 12 heavy (non-hydrogen) atoms. The second-order valence-electron chi connectivity index (χ2n) is 2.57. The first-order valence-corrected chi connectivity index (χ1v) is 3.92. The number of hydrogen-bond donors (Lipinski definition) is 0. The normalized spacial score (nSPS) is 34.9. The zero-order valence-electron chi connectivity index (χ0n) is 6.98. The van der Waals surface area contributed by atoms with Crippen molar-refractivity contribution in [2.24, 2.45) is 0 Å². The van der Waals surface area contributed by atoms with E-state index in [4.69, 9.17) is 22.1 Å². The van der Waals surface area contributed by atoms with Gasteiger partial charge in [0, 0.05) is 14.2 Å². The van der Waals surface area contributed by atoms with Gasteiger partial charge in [0.2, 0.25) is 0 Å². The summed E-state index contributed by atoms with van der Waals surface area (Å²) < 4.78 is 10.0. The van der Waals surface area contributed by atoms with E-state index < -0.39 is 6.10 Å². The van der Waals surface area contributed by atoms with Crippen molar-refractivity contribution in [2.45, 2.75) is 23.9 Å². The molecule has 3 atom stereocenters. The maximum atomic E-state index is 11.1. The van der Waals surface area contributed by atoms with Crippen molar-refractivity contribution in [2.75, 3.05) is 14.2 Å². The van der Waals surface area contributed by atoms with Crippen LogP contribution in [-0.4, -0.2) is 37.5 Å². The summed E-state index contributed by atoms with van der Waals surface area (Å²) in [6.07, 6.45) is -0.281. The smallest absolute Gasteiger partial charge is 0.786 e. The first-order valence-electron chi connectivity index (χ1n) is 3.44. The fourth-order valence-corrected chi connectivity index (χ4v) is 1.77. The molecule has 3 unspecified atom stereocenters. The fourth-order valence-electron chi connectivity index (χ4n) is 1.35. The third-order valence-electron chi connectivity index (χ3n) is 1.91. The van der Waals surface area contributed by atoms with Gasteiger partial charge in [0.1, 0.15) is 6.10 Å². The molecule has 0 aliphatic heterocycles. The Hall–Kier alpha value is 0.628. The Morgan fingerprint density at radius 3 is 2.33 bits per heavy atom. The number of ketones is 1. The largest absolute Gasteiger partial charge is 2.00 e. The number of hydrogen-bond acceptors (Lipinski definition) is 4. The molecule has 0 spiro atoms. The Morgan fingerprint density at radius 1 is 1.42 bits per heavy atom. The minimum absolute atomic E-state index is 0. The van der Waals surface area contributed by atoms with Gasteiger partial charge in [-0.25, -0.2) is 0 Å². The Bertz CT molecular complexity index is 165. The van der Waals surface area contributed by atoms with Crippen molar-refractivity contribution >= 4 is 18.4 Å². The SMILES string of the molecule is COC1C(=O)CC([S-])C1OC.[W+2]. The molecule has 0 aromatic heterocycles. The van der Waals surface area contributed by atoms with Gasteiger partial charge in [-0.05, 0) is 6.42 Å². The molecule has 68 valence electrons. The molecule has 0 aromatic rings.